The number of carbonyl (C=O) groups is 1. The molecule has 2 bridgehead atoms. The smallest absolute Gasteiger partial charge is 0.407 e. The number of fused-ring (bicyclic) bond motifs is 3. The lowest BCUT2D eigenvalue weighted by Gasteiger charge is -2.56. The average Bonchev–Trinajstić information content (AvgIpc) is 2.66. The summed E-state index contributed by atoms with van der Waals surface area (Å²) in [5, 5.41) is 28.9. The van der Waals surface area contributed by atoms with Gasteiger partial charge in [-0.1, -0.05) is 0 Å². The highest BCUT2D eigenvalue weighted by Gasteiger charge is 2.51. The number of sulfonamides is 1. The van der Waals surface area contributed by atoms with Gasteiger partial charge in [-0.3, -0.25) is 10.1 Å². The molecule has 1 aromatic carbocycles. The topological polar surface area (TPSA) is 156 Å². The largest absolute Gasteiger partial charge is 0.465 e. The molecule has 10 nitrogen and oxygen atoms in total. The number of anilines is 1. The number of nitro benzene ring substituents is 1. The molecule has 1 amide bonds. The number of nitrogens with one attached hydrogen (secondary N) is 1. The summed E-state index contributed by atoms with van der Waals surface area (Å²) >= 11 is 0. The molecule has 154 valence electrons. The molecular weight excluding hydrogens is 388 g/mol. The summed E-state index contributed by atoms with van der Waals surface area (Å²) in [5.74, 6) is 0. The maximum Gasteiger partial charge on any atom is 0.407 e. The van der Waals surface area contributed by atoms with Crippen molar-refractivity contribution < 1.29 is 23.2 Å². The lowest BCUT2D eigenvalue weighted by Crippen LogP contribution is -2.58. The number of amides is 1. The van der Waals surface area contributed by atoms with Gasteiger partial charge in [-0.25, -0.2) is 18.4 Å². The Bertz CT molecular complexity index is 892. The molecule has 0 aromatic heterocycles. The Labute approximate surface area is 162 Å². The van der Waals surface area contributed by atoms with Gasteiger partial charge >= 0.3 is 6.09 Å². The van der Waals surface area contributed by atoms with Crippen molar-refractivity contribution in [3.63, 3.8) is 0 Å². The van der Waals surface area contributed by atoms with Crippen molar-refractivity contribution in [1.29, 1.82) is 0 Å². The van der Waals surface area contributed by atoms with Crippen LogP contribution in [0.15, 0.2) is 23.1 Å². The number of nitrogens with two attached hydrogens (primary N) is 1. The molecule has 4 rings (SSSR count). The summed E-state index contributed by atoms with van der Waals surface area (Å²) in [6.07, 6.45) is 3.89. The molecule has 0 heterocycles. The molecule has 28 heavy (non-hydrogen) atoms. The van der Waals surface area contributed by atoms with Crippen molar-refractivity contribution >= 4 is 27.5 Å². The third-order valence-corrected chi connectivity index (χ3v) is 7.42. The molecule has 4 N–H and O–H groups in total. The van der Waals surface area contributed by atoms with Gasteiger partial charge in [0.15, 0.2) is 0 Å². The van der Waals surface area contributed by atoms with Gasteiger partial charge in [0.05, 0.1) is 9.82 Å². The van der Waals surface area contributed by atoms with Gasteiger partial charge < -0.3 is 15.3 Å². The zero-order valence-corrected chi connectivity index (χ0v) is 16.4. The van der Waals surface area contributed by atoms with Crippen LogP contribution >= 0.6 is 0 Å². The third kappa shape index (κ3) is 3.63. The van der Waals surface area contributed by atoms with Gasteiger partial charge in [0.25, 0.3) is 5.69 Å². The van der Waals surface area contributed by atoms with Crippen molar-refractivity contribution in [2.45, 2.75) is 49.0 Å². The molecule has 0 aliphatic heterocycles. The molecule has 0 spiro atoms. The number of primary sulfonamides is 1. The first-order valence-corrected chi connectivity index (χ1v) is 10.5. The Morgan fingerprint density at radius 3 is 2.32 bits per heavy atom. The van der Waals surface area contributed by atoms with Crippen LogP contribution < -0.4 is 10.5 Å². The van der Waals surface area contributed by atoms with E-state index in [9.17, 15) is 28.4 Å². The molecule has 0 unspecified atom stereocenters. The summed E-state index contributed by atoms with van der Waals surface area (Å²) in [5.41, 5.74) is -0.448. The van der Waals surface area contributed by atoms with Crippen molar-refractivity contribution in [2.75, 3.05) is 18.9 Å². The highest BCUT2D eigenvalue weighted by atomic mass is 32.2. The van der Waals surface area contributed by atoms with E-state index in [1.54, 1.807) is 7.05 Å². The Hall–Kier alpha value is -2.40. The highest BCUT2D eigenvalue weighted by molar-refractivity contribution is 7.89. The molecule has 3 saturated carbocycles. The standard InChI is InChI=1S/C17H24N4O6S/c1-20(15(22)23)17-7-4-16(5-8-17,6-9-17)11-19-13-3-2-12(28(18,26)27)10-14(13)21(24)25/h2-3,10,19H,4-9,11H2,1H3,(H,22,23)(H2,18,26,27). The van der Waals surface area contributed by atoms with Gasteiger partial charge in [-0.15, -0.1) is 0 Å². The normalized spacial score (nSPS) is 26.6. The summed E-state index contributed by atoms with van der Waals surface area (Å²) in [6.45, 7) is 0.509. The van der Waals surface area contributed by atoms with E-state index in [0.717, 1.165) is 44.6 Å². The predicted molar refractivity (Wildman–Crippen MR) is 102 cm³/mol. The monoisotopic (exact) mass is 412 g/mol. The van der Waals surface area contributed by atoms with Crippen molar-refractivity contribution in [3.8, 4) is 0 Å². The first kappa shape index (κ1) is 20.3. The fourth-order valence-corrected chi connectivity index (χ4v) is 5.02. The zero-order valence-electron chi connectivity index (χ0n) is 15.6. The summed E-state index contributed by atoms with van der Waals surface area (Å²) in [4.78, 5) is 23.2. The molecular formula is C17H24N4O6S. The number of hydrogen-bond donors (Lipinski definition) is 3. The Morgan fingerprint density at radius 2 is 1.86 bits per heavy atom. The molecule has 0 radical (unpaired) electrons. The minimum Gasteiger partial charge on any atom is -0.465 e. The van der Waals surface area contributed by atoms with Gasteiger partial charge in [0, 0.05) is 25.2 Å². The lowest BCUT2D eigenvalue weighted by atomic mass is 9.57. The fourth-order valence-electron chi connectivity index (χ4n) is 4.49. The number of benzene rings is 1. The van der Waals surface area contributed by atoms with E-state index < -0.39 is 21.0 Å². The second kappa shape index (κ2) is 6.89. The quantitative estimate of drug-likeness (QED) is 0.478. The van der Waals surface area contributed by atoms with Crippen molar-refractivity contribution in [1.82, 2.24) is 4.90 Å². The SMILES string of the molecule is CN(C(=O)O)C12CCC(CNc3ccc(S(N)(=O)=O)cc3[N+](=O)[O-])(CC1)CC2. The maximum absolute atomic E-state index is 11.4. The molecule has 0 saturated heterocycles. The molecule has 0 atom stereocenters. The number of nitrogens with zero attached hydrogens (tertiary/aromatic N) is 2. The molecule has 3 aliphatic carbocycles. The second-order valence-electron chi connectivity index (χ2n) is 7.90. The van der Waals surface area contributed by atoms with Crippen LogP contribution in [-0.4, -0.2) is 48.6 Å². The van der Waals surface area contributed by atoms with Gasteiger partial charge in [-0.05, 0) is 56.1 Å². The van der Waals surface area contributed by atoms with Gasteiger partial charge in [0.2, 0.25) is 10.0 Å². The van der Waals surface area contributed by atoms with E-state index >= 15 is 0 Å². The van der Waals surface area contributed by atoms with E-state index in [4.69, 9.17) is 5.14 Å². The lowest BCUT2D eigenvalue weighted by molar-refractivity contribution is -0.384. The van der Waals surface area contributed by atoms with Crippen LogP contribution in [0.3, 0.4) is 0 Å². The Morgan fingerprint density at radius 1 is 1.29 bits per heavy atom. The summed E-state index contributed by atoms with van der Waals surface area (Å²) in [7, 11) is -2.41. The van der Waals surface area contributed by atoms with Crippen LogP contribution in [0.2, 0.25) is 0 Å². The summed E-state index contributed by atoms with van der Waals surface area (Å²) in [6, 6.07) is 3.57. The number of rotatable bonds is 6. The fraction of sp³-hybridized carbons (Fsp3) is 0.588. The predicted octanol–water partition coefficient (Wildman–Crippen LogP) is 2.36. The van der Waals surface area contributed by atoms with E-state index in [1.165, 1.54) is 17.0 Å². The van der Waals surface area contributed by atoms with Gasteiger partial charge in [0.1, 0.15) is 5.69 Å². The first-order chi connectivity index (χ1) is 13.0. The minimum atomic E-state index is -4.03. The molecule has 1 aromatic rings. The van der Waals surface area contributed by atoms with Crippen LogP contribution in [0.25, 0.3) is 0 Å². The summed E-state index contributed by atoms with van der Waals surface area (Å²) < 4.78 is 22.9. The van der Waals surface area contributed by atoms with Gasteiger partial charge in [-0.2, -0.15) is 0 Å². The Balaban J connectivity index is 1.74. The Kier molecular flexibility index (Phi) is 5.00. The number of nitro groups is 1. The number of hydrogen-bond acceptors (Lipinski definition) is 6. The minimum absolute atomic E-state index is 0.0480. The maximum atomic E-state index is 11.4. The molecule has 3 aliphatic rings. The van der Waals surface area contributed by atoms with E-state index in [0.29, 0.717) is 6.54 Å². The van der Waals surface area contributed by atoms with Crippen molar-refractivity contribution in [2.24, 2.45) is 10.6 Å². The van der Waals surface area contributed by atoms with Crippen LogP contribution in [0.5, 0.6) is 0 Å². The molecule has 11 heteroatoms. The second-order valence-corrected chi connectivity index (χ2v) is 9.46. The van der Waals surface area contributed by atoms with Crippen LogP contribution in [0, 0.1) is 15.5 Å². The number of carboxylic acid groups (broad SMARTS) is 1. The van der Waals surface area contributed by atoms with E-state index in [-0.39, 0.29) is 27.2 Å². The van der Waals surface area contributed by atoms with Crippen LogP contribution in [0.4, 0.5) is 16.2 Å². The van der Waals surface area contributed by atoms with E-state index in [1.807, 2.05) is 0 Å². The average molecular weight is 412 g/mol. The highest BCUT2D eigenvalue weighted by Crippen LogP contribution is 2.54. The van der Waals surface area contributed by atoms with E-state index in [2.05, 4.69) is 5.32 Å². The zero-order chi connectivity index (χ0) is 20.7. The van der Waals surface area contributed by atoms with Crippen LogP contribution in [0.1, 0.15) is 38.5 Å². The molecule has 3 fully saturated rings. The first-order valence-electron chi connectivity index (χ1n) is 9.00. The third-order valence-electron chi connectivity index (χ3n) is 6.51. The van der Waals surface area contributed by atoms with Crippen LogP contribution in [-0.2, 0) is 10.0 Å². The van der Waals surface area contributed by atoms with Crippen molar-refractivity contribution in [3.05, 3.63) is 28.3 Å².